The Balaban J connectivity index is 1.77. The van der Waals surface area contributed by atoms with E-state index in [4.69, 9.17) is 4.74 Å². The molecular weight excluding hydrogens is 332 g/mol. The van der Waals surface area contributed by atoms with E-state index in [2.05, 4.69) is 20.6 Å². The summed E-state index contributed by atoms with van der Waals surface area (Å²) in [7, 11) is 1.33. The molecule has 1 aliphatic carbocycles. The van der Waals surface area contributed by atoms with Crippen molar-refractivity contribution < 1.29 is 14.3 Å². The van der Waals surface area contributed by atoms with Crippen LogP contribution in [-0.2, 0) is 4.74 Å². The van der Waals surface area contributed by atoms with Gasteiger partial charge in [-0.15, -0.1) is 0 Å². The maximum atomic E-state index is 12.4. The van der Waals surface area contributed by atoms with E-state index in [1.807, 2.05) is 6.92 Å². The van der Waals surface area contributed by atoms with Crippen LogP contribution >= 0.6 is 0 Å². The summed E-state index contributed by atoms with van der Waals surface area (Å²) in [5.74, 6) is -0.298. The summed E-state index contributed by atoms with van der Waals surface area (Å²) in [6.45, 7) is 1.81. The van der Waals surface area contributed by atoms with Gasteiger partial charge in [-0.3, -0.25) is 4.79 Å². The van der Waals surface area contributed by atoms with Crippen LogP contribution in [0.5, 0.6) is 0 Å². The lowest BCUT2D eigenvalue weighted by Crippen LogP contribution is -2.33. The monoisotopic (exact) mass is 354 g/mol. The zero-order valence-electron chi connectivity index (χ0n) is 14.9. The van der Waals surface area contributed by atoms with Crippen LogP contribution in [0.15, 0.2) is 30.3 Å². The molecule has 26 heavy (non-hydrogen) atoms. The molecule has 3 rings (SSSR count). The highest BCUT2D eigenvalue weighted by molar-refractivity contribution is 5.93. The van der Waals surface area contributed by atoms with Crippen molar-refractivity contribution in [3.05, 3.63) is 47.3 Å². The first-order chi connectivity index (χ1) is 12.5. The third-order valence-corrected chi connectivity index (χ3v) is 4.32. The quantitative estimate of drug-likeness (QED) is 0.802. The number of benzene rings is 1. The SMILES string of the molecule is COC(=O)c1cccc(Nc2nc(C)cc(C(=O)NC3CCCC3)n2)c1. The Hall–Kier alpha value is -2.96. The third-order valence-electron chi connectivity index (χ3n) is 4.32. The van der Waals surface area contributed by atoms with Gasteiger partial charge in [-0.05, 0) is 44.0 Å². The minimum absolute atomic E-state index is 0.186. The first kappa shape index (κ1) is 17.8. The largest absolute Gasteiger partial charge is 0.465 e. The van der Waals surface area contributed by atoms with Gasteiger partial charge in [0.05, 0.1) is 12.7 Å². The Labute approximate surface area is 152 Å². The van der Waals surface area contributed by atoms with Crippen molar-refractivity contribution in [1.82, 2.24) is 15.3 Å². The predicted molar refractivity (Wildman–Crippen MR) is 97.6 cm³/mol. The molecule has 0 aliphatic heterocycles. The molecule has 0 spiro atoms. The molecule has 1 aliphatic rings. The van der Waals surface area contributed by atoms with Crippen molar-refractivity contribution in [1.29, 1.82) is 0 Å². The molecule has 1 heterocycles. The molecule has 1 aromatic heterocycles. The summed E-state index contributed by atoms with van der Waals surface area (Å²) in [6, 6.07) is 8.73. The van der Waals surface area contributed by atoms with Crippen LogP contribution in [0, 0.1) is 6.92 Å². The normalized spacial score (nSPS) is 14.1. The van der Waals surface area contributed by atoms with Crippen LogP contribution in [0.3, 0.4) is 0 Å². The van der Waals surface area contributed by atoms with Crippen LogP contribution < -0.4 is 10.6 Å². The average molecular weight is 354 g/mol. The number of methoxy groups -OCH3 is 1. The fourth-order valence-electron chi connectivity index (χ4n) is 3.04. The maximum absolute atomic E-state index is 12.4. The van der Waals surface area contributed by atoms with E-state index in [-0.39, 0.29) is 11.9 Å². The Morgan fingerprint density at radius 2 is 1.92 bits per heavy atom. The first-order valence-electron chi connectivity index (χ1n) is 8.67. The number of nitrogens with one attached hydrogen (secondary N) is 2. The lowest BCUT2D eigenvalue weighted by molar-refractivity contribution is 0.0600. The van der Waals surface area contributed by atoms with E-state index in [0.717, 1.165) is 25.7 Å². The van der Waals surface area contributed by atoms with Gasteiger partial charge in [-0.2, -0.15) is 0 Å². The van der Waals surface area contributed by atoms with Crippen molar-refractivity contribution in [3.8, 4) is 0 Å². The van der Waals surface area contributed by atoms with Crippen molar-refractivity contribution >= 4 is 23.5 Å². The highest BCUT2D eigenvalue weighted by Gasteiger charge is 2.19. The average Bonchev–Trinajstić information content (AvgIpc) is 3.13. The first-order valence-corrected chi connectivity index (χ1v) is 8.67. The van der Waals surface area contributed by atoms with Gasteiger partial charge in [-0.25, -0.2) is 14.8 Å². The number of anilines is 2. The van der Waals surface area contributed by atoms with E-state index in [9.17, 15) is 9.59 Å². The number of hydrogen-bond donors (Lipinski definition) is 2. The van der Waals surface area contributed by atoms with Gasteiger partial charge >= 0.3 is 5.97 Å². The summed E-state index contributed by atoms with van der Waals surface area (Å²) in [4.78, 5) is 32.7. The van der Waals surface area contributed by atoms with Crippen LogP contribution in [0.4, 0.5) is 11.6 Å². The lowest BCUT2D eigenvalue weighted by Gasteiger charge is -2.13. The van der Waals surface area contributed by atoms with Crippen molar-refractivity contribution in [2.75, 3.05) is 12.4 Å². The van der Waals surface area contributed by atoms with Gasteiger partial charge in [0.15, 0.2) is 0 Å². The number of carbonyl (C=O) groups is 2. The number of rotatable bonds is 5. The molecule has 0 atom stereocenters. The second kappa shape index (κ2) is 7.95. The number of aromatic nitrogens is 2. The van der Waals surface area contributed by atoms with Gasteiger partial charge in [0.2, 0.25) is 5.95 Å². The number of aryl methyl sites for hydroxylation is 1. The number of nitrogens with zero attached hydrogens (tertiary/aromatic N) is 2. The van der Waals surface area contributed by atoms with Gasteiger partial charge in [0, 0.05) is 17.4 Å². The topological polar surface area (TPSA) is 93.2 Å². The molecule has 7 heteroatoms. The molecule has 0 radical (unpaired) electrons. The number of amides is 1. The van der Waals surface area contributed by atoms with E-state index >= 15 is 0 Å². The summed E-state index contributed by atoms with van der Waals surface area (Å²) < 4.78 is 4.72. The molecule has 0 saturated heterocycles. The molecular formula is C19H22N4O3. The number of esters is 1. The highest BCUT2D eigenvalue weighted by atomic mass is 16.5. The Morgan fingerprint density at radius 1 is 1.15 bits per heavy atom. The van der Waals surface area contributed by atoms with Gasteiger partial charge in [0.1, 0.15) is 5.69 Å². The van der Waals surface area contributed by atoms with Crippen molar-refractivity contribution in [2.24, 2.45) is 0 Å². The second-order valence-electron chi connectivity index (χ2n) is 6.37. The summed E-state index contributed by atoms with van der Waals surface area (Å²) >= 11 is 0. The van der Waals surface area contributed by atoms with Crippen molar-refractivity contribution in [2.45, 2.75) is 38.6 Å². The zero-order valence-corrected chi connectivity index (χ0v) is 14.9. The molecule has 7 nitrogen and oxygen atoms in total. The molecule has 1 aromatic carbocycles. The summed E-state index contributed by atoms with van der Waals surface area (Å²) in [5.41, 5.74) is 2.07. The van der Waals surface area contributed by atoms with E-state index in [1.165, 1.54) is 7.11 Å². The van der Waals surface area contributed by atoms with E-state index < -0.39 is 5.97 Å². The van der Waals surface area contributed by atoms with Crippen LogP contribution in [0.1, 0.15) is 52.2 Å². The predicted octanol–water partition coefficient (Wildman–Crippen LogP) is 2.99. The molecule has 0 unspecified atom stereocenters. The third kappa shape index (κ3) is 4.36. The lowest BCUT2D eigenvalue weighted by atomic mass is 10.2. The summed E-state index contributed by atoms with van der Waals surface area (Å²) in [6.07, 6.45) is 4.33. The fraction of sp³-hybridized carbons (Fsp3) is 0.368. The number of ether oxygens (including phenoxy) is 1. The van der Waals surface area contributed by atoms with E-state index in [0.29, 0.717) is 28.6 Å². The second-order valence-corrected chi connectivity index (χ2v) is 6.37. The molecule has 1 fully saturated rings. The zero-order chi connectivity index (χ0) is 18.5. The van der Waals surface area contributed by atoms with Crippen LogP contribution in [0.25, 0.3) is 0 Å². The van der Waals surface area contributed by atoms with Crippen LogP contribution in [-0.4, -0.2) is 35.0 Å². The van der Waals surface area contributed by atoms with Crippen molar-refractivity contribution in [3.63, 3.8) is 0 Å². The van der Waals surface area contributed by atoms with Gasteiger partial charge in [0.25, 0.3) is 5.91 Å². The number of carbonyl (C=O) groups excluding carboxylic acids is 2. The maximum Gasteiger partial charge on any atom is 0.337 e. The summed E-state index contributed by atoms with van der Waals surface area (Å²) in [5, 5.41) is 6.07. The van der Waals surface area contributed by atoms with Gasteiger partial charge < -0.3 is 15.4 Å². The molecule has 2 N–H and O–H groups in total. The van der Waals surface area contributed by atoms with Gasteiger partial charge in [-0.1, -0.05) is 18.9 Å². The number of hydrogen-bond acceptors (Lipinski definition) is 6. The molecule has 1 saturated carbocycles. The molecule has 1 amide bonds. The molecule has 0 bridgehead atoms. The Kier molecular flexibility index (Phi) is 5.46. The standard InChI is InChI=1S/C19H22N4O3/c1-12-10-16(17(24)21-14-7-3-4-8-14)23-19(20-12)22-15-9-5-6-13(11-15)18(25)26-2/h5-6,9-11,14H,3-4,7-8H2,1-2H3,(H,21,24)(H,20,22,23). The van der Waals surface area contributed by atoms with E-state index in [1.54, 1.807) is 30.3 Å². The highest BCUT2D eigenvalue weighted by Crippen LogP contribution is 2.19. The fourth-order valence-corrected chi connectivity index (χ4v) is 3.04. The Bertz CT molecular complexity index is 816. The Morgan fingerprint density at radius 3 is 2.65 bits per heavy atom. The van der Waals surface area contributed by atoms with Crippen LogP contribution in [0.2, 0.25) is 0 Å². The minimum Gasteiger partial charge on any atom is -0.465 e. The minimum atomic E-state index is -0.421. The smallest absolute Gasteiger partial charge is 0.337 e. The molecule has 2 aromatic rings. The molecule has 136 valence electrons.